The Bertz CT molecular complexity index is 971. The van der Waals surface area contributed by atoms with Crippen LogP contribution < -0.4 is 10.9 Å². The van der Waals surface area contributed by atoms with Gasteiger partial charge in [0.1, 0.15) is 5.82 Å². The van der Waals surface area contributed by atoms with Gasteiger partial charge in [-0.15, -0.1) is 10.2 Å². The van der Waals surface area contributed by atoms with E-state index < -0.39 is 0 Å². The van der Waals surface area contributed by atoms with Crippen LogP contribution in [0.4, 0.5) is 15.2 Å². The molecule has 2 N–H and O–H groups in total. The van der Waals surface area contributed by atoms with Gasteiger partial charge < -0.3 is 10.3 Å². The zero-order chi connectivity index (χ0) is 17.2. The van der Waals surface area contributed by atoms with Gasteiger partial charge in [0.15, 0.2) is 9.37 Å². The van der Waals surface area contributed by atoms with Gasteiger partial charge in [-0.2, -0.15) is 0 Å². The summed E-state index contributed by atoms with van der Waals surface area (Å²) in [5, 5.41) is 11.8. The average Bonchev–Trinajstić information content (AvgIpc) is 3.05. The van der Waals surface area contributed by atoms with E-state index in [0.717, 1.165) is 37.1 Å². The first-order valence-electron chi connectivity index (χ1n) is 7.84. The number of aromatic nitrogens is 4. The molecule has 3 aromatic rings. The Kier molecular flexibility index (Phi) is 4.50. The number of nitrogens with zero attached hydrogens (tertiary/aromatic N) is 3. The highest BCUT2D eigenvalue weighted by Gasteiger charge is 2.17. The molecule has 25 heavy (non-hydrogen) atoms. The number of anilines is 2. The molecule has 0 atom stereocenters. The lowest BCUT2D eigenvalue weighted by atomic mass is 10.0. The van der Waals surface area contributed by atoms with Crippen molar-refractivity contribution in [1.29, 1.82) is 0 Å². The van der Waals surface area contributed by atoms with E-state index in [2.05, 4.69) is 25.5 Å². The Hall–Kier alpha value is -2.26. The number of fused-ring (bicyclic) bond motifs is 1. The number of halogens is 1. The quantitative estimate of drug-likeness (QED) is 0.726. The number of benzene rings is 1. The molecule has 0 saturated carbocycles. The van der Waals surface area contributed by atoms with Crippen molar-refractivity contribution in [1.82, 2.24) is 20.2 Å². The third-order valence-electron chi connectivity index (χ3n) is 3.84. The Morgan fingerprint density at radius 3 is 2.92 bits per heavy atom. The number of aromatic amines is 1. The summed E-state index contributed by atoms with van der Waals surface area (Å²) in [5.41, 5.74) is 2.03. The summed E-state index contributed by atoms with van der Waals surface area (Å²) in [5.74, 6) is -0.361. The smallest absolute Gasteiger partial charge is 0.281 e. The molecule has 0 aliphatic heterocycles. The molecule has 2 aromatic heterocycles. The van der Waals surface area contributed by atoms with E-state index in [1.54, 1.807) is 18.2 Å². The highest BCUT2D eigenvalue weighted by atomic mass is 32.2. The summed E-state index contributed by atoms with van der Waals surface area (Å²) in [4.78, 5) is 19.6. The number of rotatable bonds is 4. The van der Waals surface area contributed by atoms with Gasteiger partial charge in [0.2, 0.25) is 5.13 Å². The van der Waals surface area contributed by atoms with Crippen LogP contribution in [-0.2, 0) is 12.8 Å². The van der Waals surface area contributed by atoms with Crippen LogP contribution in [0.1, 0.15) is 24.2 Å². The second-order valence-corrected chi connectivity index (χ2v) is 7.80. The monoisotopic (exact) mass is 375 g/mol. The van der Waals surface area contributed by atoms with E-state index in [-0.39, 0.29) is 11.4 Å². The topological polar surface area (TPSA) is 83.6 Å². The fourth-order valence-corrected chi connectivity index (χ4v) is 4.32. The van der Waals surface area contributed by atoms with Crippen molar-refractivity contribution in [2.45, 2.75) is 35.0 Å². The number of aryl methyl sites for hydroxylation is 2. The second-order valence-electron chi connectivity index (χ2n) is 5.58. The van der Waals surface area contributed by atoms with Crippen molar-refractivity contribution in [3.63, 3.8) is 0 Å². The molecule has 1 aliphatic carbocycles. The van der Waals surface area contributed by atoms with E-state index in [0.29, 0.717) is 20.2 Å². The first-order chi connectivity index (χ1) is 12.2. The highest BCUT2D eigenvalue weighted by Crippen LogP contribution is 2.31. The molecule has 0 radical (unpaired) electrons. The van der Waals surface area contributed by atoms with Crippen LogP contribution in [0.15, 0.2) is 38.4 Å². The molecular weight excluding hydrogens is 361 g/mol. The zero-order valence-electron chi connectivity index (χ0n) is 13.1. The lowest BCUT2D eigenvalue weighted by Crippen LogP contribution is -2.19. The molecular formula is C16H14FN5OS2. The van der Waals surface area contributed by atoms with E-state index >= 15 is 0 Å². The first-order valence-corrected chi connectivity index (χ1v) is 9.47. The Labute approximate surface area is 150 Å². The average molecular weight is 375 g/mol. The largest absolute Gasteiger partial charge is 0.328 e. The van der Waals surface area contributed by atoms with E-state index in [4.69, 9.17) is 0 Å². The van der Waals surface area contributed by atoms with Gasteiger partial charge in [-0.25, -0.2) is 9.37 Å². The van der Waals surface area contributed by atoms with Gasteiger partial charge in [-0.05, 0) is 49.6 Å². The summed E-state index contributed by atoms with van der Waals surface area (Å²) in [6, 6.07) is 6.35. The SMILES string of the molecule is O=c1[nH]c2c(nc1Sc1nnc(Nc3ccccc3F)s1)CCCC2. The van der Waals surface area contributed by atoms with Crippen molar-refractivity contribution >= 4 is 33.9 Å². The van der Waals surface area contributed by atoms with Gasteiger partial charge >= 0.3 is 0 Å². The van der Waals surface area contributed by atoms with Gasteiger partial charge in [0.25, 0.3) is 5.56 Å². The molecule has 0 amide bonds. The standard InChI is InChI=1S/C16H14FN5OS2/c17-9-5-1-2-6-10(9)20-15-21-22-16(25-15)24-14-13(23)18-11-7-3-4-8-12(11)19-14/h1-2,5-6H,3-4,7-8H2,(H,18,23)(H,20,21). The molecule has 1 aromatic carbocycles. The molecule has 6 nitrogen and oxygen atoms in total. The number of H-pyrrole nitrogens is 1. The van der Waals surface area contributed by atoms with Gasteiger partial charge in [-0.1, -0.05) is 23.5 Å². The van der Waals surface area contributed by atoms with E-state index in [1.165, 1.54) is 29.2 Å². The van der Waals surface area contributed by atoms with Crippen LogP contribution in [-0.4, -0.2) is 20.2 Å². The van der Waals surface area contributed by atoms with Crippen molar-refractivity contribution in [3.05, 3.63) is 51.8 Å². The first kappa shape index (κ1) is 16.2. The van der Waals surface area contributed by atoms with E-state index in [9.17, 15) is 9.18 Å². The van der Waals surface area contributed by atoms with Crippen LogP contribution >= 0.6 is 23.1 Å². The van der Waals surface area contributed by atoms with Crippen molar-refractivity contribution < 1.29 is 4.39 Å². The maximum atomic E-state index is 13.7. The van der Waals surface area contributed by atoms with Crippen molar-refractivity contribution in [2.24, 2.45) is 0 Å². The van der Waals surface area contributed by atoms with Crippen molar-refractivity contribution in [2.75, 3.05) is 5.32 Å². The maximum absolute atomic E-state index is 13.7. The predicted octanol–water partition coefficient (Wildman–Crippen LogP) is 3.53. The van der Waals surface area contributed by atoms with Crippen LogP contribution in [0.25, 0.3) is 0 Å². The molecule has 4 rings (SSSR count). The minimum absolute atomic E-state index is 0.204. The molecule has 128 valence electrons. The Morgan fingerprint density at radius 2 is 2.04 bits per heavy atom. The Morgan fingerprint density at radius 1 is 1.20 bits per heavy atom. The molecule has 0 saturated heterocycles. The number of nitrogens with one attached hydrogen (secondary N) is 2. The van der Waals surface area contributed by atoms with E-state index in [1.807, 2.05) is 0 Å². The summed E-state index contributed by atoms with van der Waals surface area (Å²) >= 11 is 2.43. The molecule has 0 spiro atoms. The maximum Gasteiger partial charge on any atom is 0.281 e. The number of hydrogen-bond donors (Lipinski definition) is 2. The summed E-state index contributed by atoms with van der Waals surface area (Å²) < 4.78 is 14.3. The number of hydrogen-bond acceptors (Lipinski definition) is 7. The minimum Gasteiger partial charge on any atom is -0.328 e. The fourth-order valence-electron chi connectivity index (χ4n) is 2.64. The molecule has 1 aliphatic rings. The number of para-hydroxylation sites is 1. The van der Waals surface area contributed by atoms with Crippen LogP contribution in [0, 0.1) is 5.82 Å². The zero-order valence-corrected chi connectivity index (χ0v) is 14.7. The Balaban J connectivity index is 1.53. The molecule has 9 heteroatoms. The van der Waals surface area contributed by atoms with Crippen LogP contribution in [0.2, 0.25) is 0 Å². The normalized spacial score (nSPS) is 13.5. The van der Waals surface area contributed by atoms with Crippen molar-refractivity contribution in [3.8, 4) is 0 Å². The molecule has 2 heterocycles. The van der Waals surface area contributed by atoms with Crippen LogP contribution in [0.3, 0.4) is 0 Å². The molecule has 0 fully saturated rings. The summed E-state index contributed by atoms with van der Waals surface area (Å²) in [6.07, 6.45) is 3.93. The lowest BCUT2D eigenvalue weighted by Gasteiger charge is -2.14. The summed E-state index contributed by atoms with van der Waals surface area (Å²) in [6.45, 7) is 0. The van der Waals surface area contributed by atoms with Crippen LogP contribution in [0.5, 0.6) is 0 Å². The molecule has 0 unspecified atom stereocenters. The highest BCUT2D eigenvalue weighted by molar-refractivity contribution is 8.01. The minimum atomic E-state index is -0.361. The third-order valence-corrected chi connectivity index (χ3v) is 5.70. The predicted molar refractivity (Wildman–Crippen MR) is 95.2 cm³/mol. The van der Waals surface area contributed by atoms with Gasteiger partial charge in [0.05, 0.1) is 11.4 Å². The fraction of sp³-hybridized carbons (Fsp3) is 0.250. The molecule has 0 bridgehead atoms. The second kappa shape index (κ2) is 6.93. The third kappa shape index (κ3) is 3.57. The summed E-state index contributed by atoms with van der Waals surface area (Å²) in [7, 11) is 0. The van der Waals surface area contributed by atoms with Gasteiger partial charge in [-0.3, -0.25) is 4.79 Å². The van der Waals surface area contributed by atoms with Gasteiger partial charge in [0, 0.05) is 5.69 Å². The lowest BCUT2D eigenvalue weighted by molar-refractivity contribution is 0.632.